The first-order valence-electron chi connectivity index (χ1n) is 9.04. The molecule has 1 fully saturated rings. The maximum atomic E-state index is 12.4. The van der Waals surface area contributed by atoms with Gasteiger partial charge in [0.05, 0.1) is 0 Å². The van der Waals surface area contributed by atoms with Crippen LogP contribution < -0.4 is 11.1 Å². The first-order chi connectivity index (χ1) is 11.6. The van der Waals surface area contributed by atoms with Gasteiger partial charge in [0.1, 0.15) is 0 Å². The van der Waals surface area contributed by atoms with Crippen LogP contribution in [0.2, 0.25) is 0 Å². The van der Waals surface area contributed by atoms with Crippen LogP contribution in [-0.4, -0.2) is 49.7 Å². The third-order valence-electron chi connectivity index (χ3n) is 4.72. The number of nitrogens with zero attached hydrogens (tertiary/aromatic N) is 1. The zero-order valence-electron chi connectivity index (χ0n) is 15.0. The lowest BCUT2D eigenvalue weighted by Crippen LogP contribution is -2.50. The summed E-state index contributed by atoms with van der Waals surface area (Å²) in [6, 6.07) is 7.78. The van der Waals surface area contributed by atoms with E-state index in [4.69, 9.17) is 10.5 Å². The van der Waals surface area contributed by atoms with E-state index in [1.54, 1.807) is 0 Å². The van der Waals surface area contributed by atoms with E-state index in [9.17, 15) is 4.79 Å². The van der Waals surface area contributed by atoms with Crippen LogP contribution >= 0.6 is 0 Å². The van der Waals surface area contributed by atoms with Crippen molar-refractivity contribution in [3.05, 3.63) is 35.4 Å². The van der Waals surface area contributed by atoms with Crippen LogP contribution in [0.25, 0.3) is 0 Å². The molecule has 2 atom stereocenters. The first-order valence-corrected chi connectivity index (χ1v) is 9.04. The Hall–Kier alpha value is -1.43. The van der Waals surface area contributed by atoms with Crippen molar-refractivity contribution in [2.45, 2.75) is 39.3 Å². The van der Waals surface area contributed by atoms with Gasteiger partial charge >= 0.3 is 0 Å². The molecule has 5 heteroatoms. The van der Waals surface area contributed by atoms with E-state index in [0.717, 1.165) is 51.3 Å². The van der Waals surface area contributed by atoms with Crippen molar-refractivity contribution in [3.8, 4) is 0 Å². The van der Waals surface area contributed by atoms with E-state index >= 15 is 0 Å². The van der Waals surface area contributed by atoms with Gasteiger partial charge in [-0.15, -0.1) is 0 Å². The first kappa shape index (κ1) is 18.9. The molecular formula is C19H31N3O2. The molecule has 1 amide bonds. The monoisotopic (exact) mass is 333 g/mol. The lowest BCUT2D eigenvalue weighted by Gasteiger charge is -2.37. The Labute approximate surface area is 145 Å². The van der Waals surface area contributed by atoms with Gasteiger partial charge in [0.25, 0.3) is 5.91 Å². The van der Waals surface area contributed by atoms with Gasteiger partial charge in [0.2, 0.25) is 0 Å². The normalized spacial score (nSPS) is 21.6. The number of hydrogen-bond acceptors (Lipinski definition) is 4. The molecule has 1 aliphatic heterocycles. The van der Waals surface area contributed by atoms with Crippen LogP contribution in [0.4, 0.5) is 0 Å². The quantitative estimate of drug-likeness (QED) is 0.714. The molecule has 0 saturated carbocycles. The fourth-order valence-electron chi connectivity index (χ4n) is 3.23. The van der Waals surface area contributed by atoms with Gasteiger partial charge in [-0.05, 0) is 43.4 Å². The number of ether oxygens (including phenoxy) is 1. The predicted molar refractivity (Wildman–Crippen MR) is 96.9 cm³/mol. The summed E-state index contributed by atoms with van der Waals surface area (Å²) >= 11 is 0. The minimum atomic E-state index is 0.0141. The van der Waals surface area contributed by atoms with Gasteiger partial charge in [0, 0.05) is 51.0 Å². The molecule has 24 heavy (non-hydrogen) atoms. The maximum absolute atomic E-state index is 12.4. The molecule has 0 spiro atoms. The molecule has 2 unspecified atom stereocenters. The van der Waals surface area contributed by atoms with E-state index in [-0.39, 0.29) is 11.9 Å². The fourth-order valence-corrected chi connectivity index (χ4v) is 3.23. The van der Waals surface area contributed by atoms with Crippen molar-refractivity contribution in [1.82, 2.24) is 10.2 Å². The van der Waals surface area contributed by atoms with Crippen LogP contribution in [0.3, 0.4) is 0 Å². The van der Waals surface area contributed by atoms with Crippen LogP contribution in [0.1, 0.15) is 42.6 Å². The number of carbonyl (C=O) groups excluding carboxylic acids is 1. The molecular weight excluding hydrogens is 302 g/mol. The highest BCUT2D eigenvalue weighted by atomic mass is 16.5. The molecule has 0 bridgehead atoms. The van der Waals surface area contributed by atoms with E-state index in [1.165, 1.54) is 0 Å². The van der Waals surface area contributed by atoms with Crippen LogP contribution in [0.5, 0.6) is 0 Å². The van der Waals surface area contributed by atoms with Crippen molar-refractivity contribution in [3.63, 3.8) is 0 Å². The highest BCUT2D eigenvalue weighted by Gasteiger charge is 2.27. The van der Waals surface area contributed by atoms with Crippen LogP contribution in [0.15, 0.2) is 24.3 Å². The molecule has 0 radical (unpaired) electrons. The Morgan fingerprint density at radius 1 is 1.38 bits per heavy atom. The summed E-state index contributed by atoms with van der Waals surface area (Å²) in [5, 5.41) is 3.20. The second-order valence-electron chi connectivity index (χ2n) is 6.60. The van der Waals surface area contributed by atoms with Gasteiger partial charge in [0.15, 0.2) is 0 Å². The number of rotatable bonds is 8. The minimum Gasteiger partial charge on any atom is -0.382 e. The average Bonchev–Trinajstić information content (AvgIpc) is 2.61. The molecule has 1 heterocycles. The highest BCUT2D eigenvalue weighted by molar-refractivity contribution is 5.94. The SMILES string of the molecule is CCOCCCN1CCC(NC(=O)c2ccc(CN)cc2)C(C)C1. The maximum Gasteiger partial charge on any atom is 0.251 e. The molecule has 1 aromatic rings. The smallest absolute Gasteiger partial charge is 0.251 e. The summed E-state index contributed by atoms with van der Waals surface area (Å²) in [6.07, 6.45) is 2.08. The van der Waals surface area contributed by atoms with Crippen LogP contribution in [-0.2, 0) is 11.3 Å². The van der Waals surface area contributed by atoms with Crippen molar-refractivity contribution in [2.24, 2.45) is 11.7 Å². The van der Waals surface area contributed by atoms with E-state index < -0.39 is 0 Å². The van der Waals surface area contributed by atoms with Gasteiger partial charge in [-0.1, -0.05) is 19.1 Å². The van der Waals surface area contributed by atoms with Crippen molar-refractivity contribution >= 4 is 5.91 Å². The van der Waals surface area contributed by atoms with Gasteiger partial charge in [-0.2, -0.15) is 0 Å². The van der Waals surface area contributed by atoms with E-state index in [2.05, 4.69) is 17.1 Å². The molecule has 1 aromatic carbocycles. The molecule has 0 aromatic heterocycles. The molecule has 3 N–H and O–H groups in total. The Kier molecular flexibility index (Phi) is 7.69. The molecule has 5 nitrogen and oxygen atoms in total. The van der Waals surface area contributed by atoms with Gasteiger partial charge in [-0.3, -0.25) is 4.79 Å². The average molecular weight is 333 g/mol. The fraction of sp³-hybridized carbons (Fsp3) is 0.632. The number of nitrogens with two attached hydrogens (primary N) is 1. The Morgan fingerprint density at radius 2 is 2.12 bits per heavy atom. The lowest BCUT2D eigenvalue weighted by molar-refractivity contribution is 0.0843. The predicted octanol–water partition coefficient (Wildman–Crippen LogP) is 2.01. The standard InChI is InChI=1S/C19H31N3O2/c1-3-24-12-4-10-22-11-9-18(15(2)14-22)21-19(23)17-7-5-16(13-20)6-8-17/h5-8,15,18H,3-4,9-14,20H2,1-2H3,(H,21,23). The topological polar surface area (TPSA) is 67.6 Å². The second-order valence-corrected chi connectivity index (χ2v) is 6.60. The summed E-state index contributed by atoms with van der Waals surface area (Å²) in [5.74, 6) is 0.471. The summed E-state index contributed by atoms with van der Waals surface area (Å²) in [6.45, 7) is 9.51. The Balaban J connectivity index is 1.78. The summed E-state index contributed by atoms with van der Waals surface area (Å²) < 4.78 is 5.40. The van der Waals surface area contributed by atoms with E-state index in [1.807, 2.05) is 31.2 Å². The van der Waals surface area contributed by atoms with Crippen molar-refractivity contribution in [1.29, 1.82) is 0 Å². The highest BCUT2D eigenvalue weighted by Crippen LogP contribution is 2.18. The van der Waals surface area contributed by atoms with E-state index in [0.29, 0.717) is 18.0 Å². The Bertz CT molecular complexity index is 504. The molecule has 1 aliphatic rings. The van der Waals surface area contributed by atoms with Crippen LogP contribution in [0, 0.1) is 5.92 Å². The third-order valence-corrected chi connectivity index (χ3v) is 4.72. The number of amides is 1. The van der Waals surface area contributed by atoms with Crippen molar-refractivity contribution < 1.29 is 9.53 Å². The third kappa shape index (κ3) is 5.58. The molecule has 2 rings (SSSR count). The number of likely N-dealkylation sites (tertiary alicyclic amines) is 1. The summed E-state index contributed by atoms with van der Waals surface area (Å²) in [5.41, 5.74) is 7.34. The number of piperidine rings is 1. The minimum absolute atomic E-state index is 0.0141. The van der Waals surface area contributed by atoms with Crippen molar-refractivity contribution in [2.75, 3.05) is 32.8 Å². The molecule has 0 aliphatic carbocycles. The zero-order chi connectivity index (χ0) is 17.4. The lowest BCUT2D eigenvalue weighted by atomic mass is 9.93. The molecule has 1 saturated heterocycles. The number of benzene rings is 1. The zero-order valence-corrected chi connectivity index (χ0v) is 15.0. The number of hydrogen-bond donors (Lipinski definition) is 2. The Morgan fingerprint density at radius 3 is 2.75 bits per heavy atom. The number of carbonyl (C=O) groups is 1. The van der Waals surface area contributed by atoms with Gasteiger partial charge < -0.3 is 20.7 Å². The van der Waals surface area contributed by atoms with Gasteiger partial charge in [-0.25, -0.2) is 0 Å². The number of nitrogens with one attached hydrogen (secondary N) is 1. The molecule has 134 valence electrons. The largest absolute Gasteiger partial charge is 0.382 e. The second kappa shape index (κ2) is 9.77. The summed E-state index contributed by atoms with van der Waals surface area (Å²) in [7, 11) is 0. The summed E-state index contributed by atoms with van der Waals surface area (Å²) in [4.78, 5) is 14.9.